The Kier molecular flexibility index (Phi) is 7.93. The van der Waals surface area contributed by atoms with Crippen LogP contribution < -0.4 is 4.74 Å². The zero-order valence-electron chi connectivity index (χ0n) is 15.9. The van der Waals surface area contributed by atoms with Gasteiger partial charge in [0, 0.05) is 18.0 Å². The third kappa shape index (κ3) is 6.46. The Balaban J connectivity index is 1.39. The Hall–Kier alpha value is -2.07. The predicted molar refractivity (Wildman–Crippen MR) is 110 cm³/mol. The van der Waals surface area contributed by atoms with E-state index in [0.717, 1.165) is 4.90 Å². The Morgan fingerprint density at radius 2 is 1.69 bits per heavy atom. The highest BCUT2D eigenvalue weighted by Gasteiger charge is 2.26. The fourth-order valence-corrected chi connectivity index (χ4v) is 4.78. The van der Waals surface area contributed by atoms with Crippen LogP contribution in [-0.4, -0.2) is 64.0 Å². The maximum absolute atomic E-state index is 12.6. The summed E-state index contributed by atoms with van der Waals surface area (Å²) in [6.07, 6.45) is 0. The number of sulfonamides is 1. The number of hydrogen-bond donors (Lipinski definition) is 0. The summed E-state index contributed by atoms with van der Waals surface area (Å²) < 4.78 is 42.4. The van der Waals surface area contributed by atoms with Gasteiger partial charge < -0.3 is 14.2 Å². The largest absolute Gasteiger partial charge is 0.490 e. The van der Waals surface area contributed by atoms with E-state index in [0.29, 0.717) is 32.1 Å². The zero-order valence-corrected chi connectivity index (χ0v) is 17.5. The van der Waals surface area contributed by atoms with Crippen LogP contribution in [0.5, 0.6) is 5.75 Å². The molecule has 0 unspecified atom stereocenters. The molecule has 0 aromatic heterocycles. The molecule has 0 atom stereocenters. The molecular formula is C20H23NO6S2. The molecule has 0 amide bonds. The third-order valence-corrected chi connectivity index (χ3v) is 7.04. The minimum Gasteiger partial charge on any atom is -0.490 e. The van der Waals surface area contributed by atoms with E-state index in [4.69, 9.17) is 14.2 Å². The van der Waals surface area contributed by atoms with Gasteiger partial charge in [-0.1, -0.05) is 18.2 Å². The van der Waals surface area contributed by atoms with Crippen molar-refractivity contribution in [1.29, 1.82) is 0 Å². The molecule has 1 saturated heterocycles. The Morgan fingerprint density at radius 3 is 2.38 bits per heavy atom. The second-order valence-corrected chi connectivity index (χ2v) is 9.15. The van der Waals surface area contributed by atoms with E-state index >= 15 is 0 Å². The first kappa shape index (κ1) is 21.6. The fraction of sp³-hybridized carbons (Fsp3) is 0.350. The van der Waals surface area contributed by atoms with Gasteiger partial charge in [-0.2, -0.15) is 4.31 Å². The van der Waals surface area contributed by atoms with Crippen molar-refractivity contribution in [2.45, 2.75) is 9.79 Å². The van der Waals surface area contributed by atoms with Crippen LogP contribution in [0.15, 0.2) is 64.4 Å². The van der Waals surface area contributed by atoms with E-state index in [-0.39, 0.29) is 29.8 Å². The van der Waals surface area contributed by atoms with Gasteiger partial charge in [0.25, 0.3) is 0 Å². The van der Waals surface area contributed by atoms with Gasteiger partial charge in [-0.3, -0.25) is 4.79 Å². The molecule has 1 aliphatic heterocycles. The summed E-state index contributed by atoms with van der Waals surface area (Å²) in [7, 11) is -3.52. The summed E-state index contributed by atoms with van der Waals surface area (Å²) in [5, 5.41) is 0. The number of carbonyl (C=O) groups is 1. The lowest BCUT2D eigenvalue weighted by atomic mass is 10.3. The fourth-order valence-electron chi connectivity index (χ4n) is 2.66. The summed E-state index contributed by atoms with van der Waals surface area (Å²) in [6, 6.07) is 15.8. The number of thioether (sulfide) groups is 1. The highest BCUT2D eigenvalue weighted by Crippen LogP contribution is 2.20. The summed E-state index contributed by atoms with van der Waals surface area (Å²) in [5.41, 5.74) is 0. The van der Waals surface area contributed by atoms with Crippen LogP contribution in [0.2, 0.25) is 0 Å². The minimum atomic E-state index is -3.52. The van der Waals surface area contributed by atoms with Crippen molar-refractivity contribution in [3.05, 3.63) is 54.6 Å². The molecule has 1 heterocycles. The number of nitrogens with zero attached hydrogens (tertiary/aromatic N) is 1. The number of carbonyl (C=O) groups excluding carboxylic acids is 1. The van der Waals surface area contributed by atoms with Crippen molar-refractivity contribution in [2.24, 2.45) is 0 Å². The molecular weight excluding hydrogens is 414 g/mol. The summed E-state index contributed by atoms with van der Waals surface area (Å²) in [5.74, 6) is 0.438. The first-order valence-corrected chi connectivity index (χ1v) is 11.6. The first-order chi connectivity index (χ1) is 14.1. The summed E-state index contributed by atoms with van der Waals surface area (Å²) >= 11 is 1.41. The number of ether oxygens (including phenoxy) is 3. The van der Waals surface area contributed by atoms with Gasteiger partial charge in [0.1, 0.15) is 19.0 Å². The number of hydrogen-bond acceptors (Lipinski definition) is 7. The second kappa shape index (κ2) is 10.6. The summed E-state index contributed by atoms with van der Waals surface area (Å²) in [6.45, 7) is 1.84. The van der Waals surface area contributed by atoms with Crippen LogP contribution in [0.4, 0.5) is 0 Å². The van der Waals surface area contributed by atoms with E-state index in [2.05, 4.69) is 0 Å². The van der Waals surface area contributed by atoms with Gasteiger partial charge in [0.05, 0.1) is 23.9 Å². The topological polar surface area (TPSA) is 82.1 Å². The highest BCUT2D eigenvalue weighted by molar-refractivity contribution is 8.00. The Bertz CT molecular complexity index is 881. The number of esters is 1. The van der Waals surface area contributed by atoms with Crippen molar-refractivity contribution >= 4 is 27.8 Å². The molecule has 2 aromatic carbocycles. The van der Waals surface area contributed by atoms with Crippen LogP contribution in [0.1, 0.15) is 0 Å². The Morgan fingerprint density at radius 1 is 1.00 bits per heavy atom. The van der Waals surface area contributed by atoms with Crippen LogP contribution in [0.25, 0.3) is 0 Å². The molecule has 0 N–H and O–H groups in total. The minimum absolute atomic E-state index is 0.127. The molecule has 156 valence electrons. The quantitative estimate of drug-likeness (QED) is 0.338. The number of morpholine rings is 1. The summed E-state index contributed by atoms with van der Waals surface area (Å²) in [4.78, 5) is 13.0. The molecule has 2 aromatic rings. The van der Waals surface area contributed by atoms with Crippen LogP contribution >= 0.6 is 11.8 Å². The zero-order chi connectivity index (χ0) is 20.5. The second-order valence-electron chi connectivity index (χ2n) is 6.16. The van der Waals surface area contributed by atoms with Crippen molar-refractivity contribution in [1.82, 2.24) is 4.31 Å². The molecule has 7 nitrogen and oxygen atoms in total. The van der Waals surface area contributed by atoms with Gasteiger partial charge in [0.15, 0.2) is 0 Å². The lowest BCUT2D eigenvalue weighted by Gasteiger charge is -2.26. The van der Waals surface area contributed by atoms with E-state index in [1.54, 1.807) is 12.1 Å². The van der Waals surface area contributed by atoms with Crippen LogP contribution in [0, 0.1) is 0 Å². The molecule has 0 radical (unpaired) electrons. The van der Waals surface area contributed by atoms with Crippen LogP contribution in [-0.2, 0) is 24.3 Å². The average molecular weight is 438 g/mol. The van der Waals surface area contributed by atoms with Crippen molar-refractivity contribution in [3.8, 4) is 5.75 Å². The number of rotatable bonds is 9. The molecule has 0 saturated carbocycles. The smallest absolute Gasteiger partial charge is 0.316 e. The average Bonchev–Trinajstić information content (AvgIpc) is 2.77. The monoisotopic (exact) mass is 437 g/mol. The standard InChI is InChI=1S/C20H23NO6S2/c22-20(16-28-18-4-2-1-3-5-18)27-15-14-26-17-6-8-19(9-7-17)29(23,24)21-10-12-25-13-11-21/h1-9H,10-16H2. The molecule has 0 bridgehead atoms. The van der Waals surface area contributed by atoms with Crippen LogP contribution in [0.3, 0.4) is 0 Å². The van der Waals surface area contributed by atoms with Gasteiger partial charge >= 0.3 is 5.97 Å². The number of benzene rings is 2. The first-order valence-electron chi connectivity index (χ1n) is 9.20. The maximum atomic E-state index is 12.6. The van der Waals surface area contributed by atoms with E-state index in [1.807, 2.05) is 30.3 Å². The predicted octanol–water partition coefficient (Wildman–Crippen LogP) is 2.42. The van der Waals surface area contributed by atoms with Gasteiger partial charge in [0.2, 0.25) is 10.0 Å². The molecule has 1 aliphatic rings. The normalized spacial score (nSPS) is 15.0. The third-order valence-electron chi connectivity index (χ3n) is 4.15. The molecule has 9 heteroatoms. The van der Waals surface area contributed by atoms with E-state index < -0.39 is 10.0 Å². The molecule has 0 aliphatic carbocycles. The van der Waals surface area contributed by atoms with E-state index in [9.17, 15) is 13.2 Å². The Labute approximate surface area is 175 Å². The molecule has 29 heavy (non-hydrogen) atoms. The maximum Gasteiger partial charge on any atom is 0.316 e. The SMILES string of the molecule is O=C(CSc1ccccc1)OCCOc1ccc(S(=O)(=O)N2CCOCC2)cc1. The van der Waals surface area contributed by atoms with Crippen molar-refractivity contribution in [2.75, 3.05) is 45.3 Å². The molecule has 3 rings (SSSR count). The molecule has 0 spiro atoms. The lowest BCUT2D eigenvalue weighted by Crippen LogP contribution is -2.40. The highest BCUT2D eigenvalue weighted by atomic mass is 32.2. The van der Waals surface area contributed by atoms with Crippen molar-refractivity contribution in [3.63, 3.8) is 0 Å². The van der Waals surface area contributed by atoms with E-state index in [1.165, 1.54) is 28.2 Å². The van der Waals surface area contributed by atoms with Gasteiger partial charge in [-0.15, -0.1) is 11.8 Å². The lowest BCUT2D eigenvalue weighted by molar-refractivity contribution is -0.141. The van der Waals surface area contributed by atoms with Gasteiger partial charge in [-0.05, 0) is 36.4 Å². The van der Waals surface area contributed by atoms with Crippen molar-refractivity contribution < 1.29 is 27.4 Å². The molecule has 1 fully saturated rings. The van der Waals surface area contributed by atoms with Gasteiger partial charge in [-0.25, -0.2) is 8.42 Å².